The van der Waals surface area contributed by atoms with E-state index < -0.39 is 0 Å². The van der Waals surface area contributed by atoms with Crippen molar-refractivity contribution in [2.45, 2.75) is 40.2 Å². The molecule has 0 saturated carbocycles. The second-order valence-corrected chi connectivity index (χ2v) is 6.20. The van der Waals surface area contributed by atoms with E-state index in [4.69, 9.17) is 0 Å². The van der Waals surface area contributed by atoms with Crippen LogP contribution in [0.3, 0.4) is 0 Å². The summed E-state index contributed by atoms with van der Waals surface area (Å²) in [6, 6.07) is 13.6. The quantitative estimate of drug-likeness (QED) is 0.822. The maximum atomic E-state index is 12.2. The molecule has 126 valence electrons. The fraction of sp³-hybridized carbons (Fsp3) is 0.300. The molecular formula is C20H24N2O2. The molecular weight excluding hydrogens is 300 g/mol. The van der Waals surface area contributed by atoms with Gasteiger partial charge in [0.2, 0.25) is 11.8 Å². The number of aryl methyl sites for hydroxylation is 3. The standard InChI is InChI=1S/C20H24N2O2/c1-13-10-14(2)20(15(3)11-13)22-19(24)12-18(23)21-16(4)17-8-6-5-7-9-17/h5-11,16H,12H2,1-4H3,(H,21,23)(H,22,24). The number of carbonyl (C=O) groups is 2. The van der Waals surface area contributed by atoms with E-state index in [0.717, 1.165) is 27.9 Å². The number of hydrogen-bond acceptors (Lipinski definition) is 2. The van der Waals surface area contributed by atoms with Crippen molar-refractivity contribution in [2.24, 2.45) is 0 Å². The average Bonchev–Trinajstić information content (AvgIpc) is 2.51. The molecule has 2 aromatic carbocycles. The van der Waals surface area contributed by atoms with Crippen LogP contribution in [-0.2, 0) is 9.59 Å². The van der Waals surface area contributed by atoms with Crippen LogP contribution in [0.5, 0.6) is 0 Å². The van der Waals surface area contributed by atoms with Gasteiger partial charge in [0.1, 0.15) is 6.42 Å². The highest BCUT2D eigenvalue weighted by atomic mass is 16.2. The zero-order chi connectivity index (χ0) is 17.7. The predicted octanol–water partition coefficient (Wildman–Crippen LogP) is 3.82. The fourth-order valence-corrected chi connectivity index (χ4v) is 2.82. The lowest BCUT2D eigenvalue weighted by Gasteiger charge is -2.15. The molecule has 0 fully saturated rings. The molecule has 0 saturated heterocycles. The van der Waals surface area contributed by atoms with Crippen molar-refractivity contribution in [1.29, 1.82) is 0 Å². The highest BCUT2D eigenvalue weighted by Gasteiger charge is 2.15. The van der Waals surface area contributed by atoms with Gasteiger partial charge in [0, 0.05) is 5.69 Å². The molecule has 0 aliphatic carbocycles. The number of benzene rings is 2. The minimum Gasteiger partial charge on any atom is -0.349 e. The largest absolute Gasteiger partial charge is 0.349 e. The van der Waals surface area contributed by atoms with Crippen LogP contribution in [0.1, 0.15) is 41.6 Å². The Kier molecular flexibility index (Phi) is 5.74. The Bertz CT molecular complexity index is 716. The van der Waals surface area contributed by atoms with Gasteiger partial charge in [-0.1, -0.05) is 48.0 Å². The third kappa shape index (κ3) is 4.69. The summed E-state index contributed by atoms with van der Waals surface area (Å²) in [6.07, 6.45) is -0.191. The summed E-state index contributed by atoms with van der Waals surface area (Å²) in [7, 11) is 0. The van der Waals surface area contributed by atoms with E-state index in [1.807, 2.05) is 70.2 Å². The van der Waals surface area contributed by atoms with Crippen LogP contribution in [0.2, 0.25) is 0 Å². The van der Waals surface area contributed by atoms with Gasteiger partial charge in [0.15, 0.2) is 0 Å². The number of amides is 2. The molecule has 0 spiro atoms. The van der Waals surface area contributed by atoms with Crippen LogP contribution >= 0.6 is 0 Å². The van der Waals surface area contributed by atoms with Crippen molar-refractivity contribution in [3.8, 4) is 0 Å². The second-order valence-electron chi connectivity index (χ2n) is 6.20. The Morgan fingerprint density at radius 1 is 0.958 bits per heavy atom. The van der Waals surface area contributed by atoms with Crippen LogP contribution in [0, 0.1) is 20.8 Å². The molecule has 1 atom stereocenters. The second kappa shape index (κ2) is 7.77. The van der Waals surface area contributed by atoms with Crippen molar-refractivity contribution >= 4 is 17.5 Å². The van der Waals surface area contributed by atoms with Gasteiger partial charge in [-0.3, -0.25) is 9.59 Å². The third-order valence-corrected chi connectivity index (χ3v) is 3.94. The summed E-state index contributed by atoms with van der Waals surface area (Å²) in [6.45, 7) is 7.82. The lowest BCUT2D eigenvalue weighted by molar-refractivity contribution is -0.127. The fourth-order valence-electron chi connectivity index (χ4n) is 2.82. The first-order chi connectivity index (χ1) is 11.4. The zero-order valence-corrected chi connectivity index (χ0v) is 14.6. The van der Waals surface area contributed by atoms with Gasteiger partial charge in [-0.15, -0.1) is 0 Å². The van der Waals surface area contributed by atoms with Gasteiger partial charge in [-0.25, -0.2) is 0 Å². The Morgan fingerprint density at radius 2 is 1.54 bits per heavy atom. The number of nitrogens with one attached hydrogen (secondary N) is 2. The van der Waals surface area contributed by atoms with Crippen LogP contribution in [0.25, 0.3) is 0 Å². The van der Waals surface area contributed by atoms with Crippen molar-refractivity contribution in [3.63, 3.8) is 0 Å². The first kappa shape index (κ1) is 17.7. The Labute approximate surface area is 143 Å². The molecule has 0 aliphatic rings. The Morgan fingerprint density at radius 3 is 2.12 bits per heavy atom. The van der Waals surface area contributed by atoms with Crippen molar-refractivity contribution in [1.82, 2.24) is 5.32 Å². The molecule has 2 N–H and O–H groups in total. The summed E-state index contributed by atoms with van der Waals surface area (Å²) in [5.74, 6) is -0.589. The molecule has 0 radical (unpaired) electrons. The molecule has 0 aromatic heterocycles. The predicted molar refractivity (Wildman–Crippen MR) is 96.9 cm³/mol. The molecule has 2 aromatic rings. The SMILES string of the molecule is Cc1cc(C)c(NC(=O)CC(=O)NC(C)c2ccccc2)c(C)c1. The molecule has 1 unspecified atom stereocenters. The van der Waals surface area contributed by atoms with Crippen molar-refractivity contribution in [2.75, 3.05) is 5.32 Å². The topological polar surface area (TPSA) is 58.2 Å². The van der Waals surface area contributed by atoms with Crippen molar-refractivity contribution in [3.05, 3.63) is 64.7 Å². The summed E-state index contributed by atoms with van der Waals surface area (Å²) in [4.78, 5) is 24.2. The minimum atomic E-state index is -0.303. The molecule has 2 amide bonds. The van der Waals surface area contributed by atoms with Crippen LogP contribution in [0.15, 0.2) is 42.5 Å². The monoisotopic (exact) mass is 324 g/mol. The lowest BCUT2D eigenvalue weighted by Crippen LogP contribution is -2.30. The lowest BCUT2D eigenvalue weighted by atomic mass is 10.0. The van der Waals surface area contributed by atoms with Crippen molar-refractivity contribution < 1.29 is 9.59 Å². The normalized spacial score (nSPS) is 11.7. The summed E-state index contributed by atoms with van der Waals surface area (Å²) in [5, 5.41) is 5.70. The van der Waals surface area contributed by atoms with E-state index in [0.29, 0.717) is 0 Å². The van der Waals surface area contributed by atoms with E-state index in [1.54, 1.807) is 0 Å². The van der Waals surface area contributed by atoms with E-state index in [1.165, 1.54) is 0 Å². The molecule has 4 nitrogen and oxygen atoms in total. The molecule has 0 aliphatic heterocycles. The number of hydrogen-bond donors (Lipinski definition) is 2. The van der Waals surface area contributed by atoms with Crippen LogP contribution < -0.4 is 10.6 Å². The molecule has 2 rings (SSSR count). The number of anilines is 1. The van der Waals surface area contributed by atoms with Gasteiger partial charge < -0.3 is 10.6 Å². The van der Waals surface area contributed by atoms with Gasteiger partial charge in [0.05, 0.1) is 6.04 Å². The molecule has 24 heavy (non-hydrogen) atoms. The van der Waals surface area contributed by atoms with E-state index in [-0.39, 0.29) is 24.3 Å². The maximum absolute atomic E-state index is 12.2. The van der Waals surface area contributed by atoms with Gasteiger partial charge in [0.25, 0.3) is 0 Å². The summed E-state index contributed by atoms with van der Waals surface area (Å²) >= 11 is 0. The highest BCUT2D eigenvalue weighted by molar-refractivity contribution is 6.04. The molecule has 0 bridgehead atoms. The average molecular weight is 324 g/mol. The molecule has 4 heteroatoms. The smallest absolute Gasteiger partial charge is 0.233 e. The first-order valence-corrected chi connectivity index (χ1v) is 8.09. The summed E-state index contributed by atoms with van der Waals surface area (Å²) < 4.78 is 0. The third-order valence-electron chi connectivity index (χ3n) is 3.94. The Hall–Kier alpha value is -2.62. The van der Waals surface area contributed by atoms with Crippen LogP contribution in [0.4, 0.5) is 5.69 Å². The van der Waals surface area contributed by atoms with E-state index in [2.05, 4.69) is 10.6 Å². The van der Waals surface area contributed by atoms with E-state index >= 15 is 0 Å². The van der Waals surface area contributed by atoms with Gasteiger partial charge >= 0.3 is 0 Å². The van der Waals surface area contributed by atoms with E-state index in [9.17, 15) is 9.59 Å². The zero-order valence-electron chi connectivity index (χ0n) is 14.6. The first-order valence-electron chi connectivity index (χ1n) is 8.09. The van der Waals surface area contributed by atoms with Gasteiger partial charge in [-0.05, 0) is 44.4 Å². The number of carbonyl (C=O) groups excluding carboxylic acids is 2. The minimum absolute atomic E-state index is 0.130. The van der Waals surface area contributed by atoms with Gasteiger partial charge in [-0.2, -0.15) is 0 Å². The van der Waals surface area contributed by atoms with Crippen LogP contribution in [-0.4, -0.2) is 11.8 Å². The summed E-state index contributed by atoms with van der Waals surface area (Å²) in [5.41, 5.74) is 4.95. The maximum Gasteiger partial charge on any atom is 0.233 e. The highest BCUT2D eigenvalue weighted by Crippen LogP contribution is 2.22. The molecule has 0 heterocycles. The number of rotatable bonds is 5. The Balaban J connectivity index is 1.94.